The first-order chi connectivity index (χ1) is 9.22. The lowest BCUT2D eigenvalue weighted by molar-refractivity contribution is 0.0591. The largest absolute Gasteiger partial charge is 0.508 e. The van der Waals surface area contributed by atoms with E-state index in [1.165, 1.54) is 24.6 Å². The minimum absolute atomic E-state index is 0.377. The summed E-state index contributed by atoms with van der Waals surface area (Å²) in [6.07, 6.45) is 1.74. The first kappa shape index (κ1) is 19.4. The first-order valence-corrected chi connectivity index (χ1v) is 14.4. The van der Waals surface area contributed by atoms with Crippen LogP contribution in [0.5, 0.6) is 0 Å². The molecule has 0 amide bonds. The second-order valence-corrected chi connectivity index (χ2v) is 17.1. The number of carbonyl (C=O) groups excluding carboxylic acids is 1. The minimum atomic E-state index is -1.15. The van der Waals surface area contributed by atoms with Crippen molar-refractivity contribution in [3.05, 3.63) is 12.3 Å². The number of ether oxygens (including phenoxy) is 2. The van der Waals surface area contributed by atoms with Gasteiger partial charge in [-0.2, -0.15) is 0 Å². The van der Waals surface area contributed by atoms with E-state index in [1.807, 2.05) is 0 Å². The van der Waals surface area contributed by atoms with Gasteiger partial charge in [-0.05, 0) is 13.3 Å². The molecule has 0 radical (unpaired) electrons. The molecule has 0 aromatic rings. The van der Waals surface area contributed by atoms with E-state index in [2.05, 4.69) is 38.5 Å². The molecule has 0 bridgehead atoms. The molecule has 20 heavy (non-hydrogen) atoms. The zero-order valence-corrected chi connectivity index (χ0v) is 16.0. The molecular weight excluding hydrogens is 284 g/mol. The molecule has 0 aliphatic rings. The van der Waals surface area contributed by atoms with Crippen LogP contribution in [0.1, 0.15) is 19.8 Å². The fraction of sp³-hybridized carbons (Fsp3) is 0.800. The molecule has 0 saturated carbocycles. The highest BCUT2D eigenvalue weighted by molar-refractivity contribution is 6.82. The van der Waals surface area contributed by atoms with E-state index < -0.39 is 22.3 Å². The van der Waals surface area contributed by atoms with E-state index in [0.717, 1.165) is 6.42 Å². The van der Waals surface area contributed by atoms with E-state index in [9.17, 15) is 4.79 Å². The van der Waals surface area contributed by atoms with Crippen molar-refractivity contribution < 1.29 is 14.3 Å². The summed E-state index contributed by atoms with van der Waals surface area (Å²) in [6.45, 7) is 16.2. The molecule has 0 aliphatic heterocycles. The second kappa shape index (κ2) is 9.39. The van der Waals surface area contributed by atoms with Gasteiger partial charge in [-0.1, -0.05) is 50.7 Å². The third-order valence-corrected chi connectivity index (χ3v) is 9.87. The minimum Gasteiger partial charge on any atom is -0.435 e. The third kappa shape index (κ3) is 10.3. The van der Waals surface area contributed by atoms with Crippen molar-refractivity contribution >= 4 is 22.3 Å². The molecule has 0 aromatic carbocycles. The van der Waals surface area contributed by atoms with Crippen molar-refractivity contribution in [3.8, 4) is 0 Å². The van der Waals surface area contributed by atoms with E-state index in [-0.39, 0.29) is 0 Å². The zero-order valence-electron chi connectivity index (χ0n) is 14.0. The molecule has 0 heterocycles. The zero-order chi connectivity index (χ0) is 15.6. The Morgan fingerprint density at radius 1 is 1.05 bits per heavy atom. The number of hydrogen-bond acceptors (Lipinski definition) is 3. The number of carbonyl (C=O) groups is 1. The Labute approximate surface area is 126 Å². The molecule has 0 N–H and O–H groups in total. The monoisotopic (exact) mass is 316 g/mol. The number of rotatable bonds is 10. The first-order valence-electron chi connectivity index (χ1n) is 7.65. The van der Waals surface area contributed by atoms with Crippen molar-refractivity contribution in [2.45, 2.75) is 64.1 Å². The predicted molar refractivity (Wildman–Crippen MR) is 91.8 cm³/mol. The van der Waals surface area contributed by atoms with Crippen LogP contribution in [0.25, 0.3) is 0 Å². The standard InChI is InChI=1S/C15H32O3Si2/c1-7-17-15(16)18-11-9-12-20(5,6)14-10-13-19(3,4)8-2/h8H,2,7,9-14H2,1,3-6H3. The van der Waals surface area contributed by atoms with Gasteiger partial charge in [-0.15, -0.1) is 12.3 Å². The summed E-state index contributed by atoms with van der Waals surface area (Å²) in [5.74, 6) is 0. The van der Waals surface area contributed by atoms with Gasteiger partial charge in [0.15, 0.2) is 0 Å². The van der Waals surface area contributed by atoms with E-state index in [0.29, 0.717) is 13.2 Å². The maximum Gasteiger partial charge on any atom is 0.508 e. The van der Waals surface area contributed by atoms with E-state index >= 15 is 0 Å². The highest BCUT2D eigenvalue weighted by atomic mass is 28.3. The molecule has 0 atom stereocenters. The van der Waals surface area contributed by atoms with E-state index in [4.69, 9.17) is 9.47 Å². The summed E-state index contributed by atoms with van der Waals surface area (Å²) in [4.78, 5) is 11.0. The van der Waals surface area contributed by atoms with Crippen LogP contribution in [0.3, 0.4) is 0 Å². The molecule has 0 unspecified atom stereocenters. The van der Waals surface area contributed by atoms with E-state index in [1.54, 1.807) is 6.92 Å². The van der Waals surface area contributed by atoms with Gasteiger partial charge in [0.1, 0.15) is 0 Å². The fourth-order valence-corrected chi connectivity index (χ4v) is 6.25. The molecule has 0 rings (SSSR count). The van der Waals surface area contributed by atoms with Crippen molar-refractivity contribution in [3.63, 3.8) is 0 Å². The maximum absolute atomic E-state index is 11.0. The molecule has 5 heteroatoms. The van der Waals surface area contributed by atoms with Gasteiger partial charge in [0.2, 0.25) is 0 Å². The van der Waals surface area contributed by atoms with Gasteiger partial charge in [0.05, 0.1) is 21.3 Å². The fourth-order valence-electron chi connectivity index (χ4n) is 2.12. The molecule has 3 nitrogen and oxygen atoms in total. The topological polar surface area (TPSA) is 35.5 Å². The Hall–Kier alpha value is -0.556. The normalized spacial score (nSPS) is 12.1. The summed E-state index contributed by atoms with van der Waals surface area (Å²) in [5, 5.41) is 0. The van der Waals surface area contributed by atoms with Gasteiger partial charge in [-0.3, -0.25) is 0 Å². The van der Waals surface area contributed by atoms with Gasteiger partial charge in [0, 0.05) is 8.07 Å². The summed E-state index contributed by atoms with van der Waals surface area (Å²) < 4.78 is 9.74. The Morgan fingerprint density at radius 3 is 2.20 bits per heavy atom. The SMILES string of the molecule is C=C[Si](C)(C)CCC[Si](C)(C)CCCOC(=O)OCC. The molecular formula is C15H32O3Si2. The van der Waals surface area contributed by atoms with Crippen LogP contribution < -0.4 is 0 Å². The average molecular weight is 317 g/mol. The third-order valence-electron chi connectivity index (χ3n) is 3.71. The van der Waals surface area contributed by atoms with Crippen LogP contribution in [0.15, 0.2) is 12.3 Å². The Bertz CT molecular complexity index is 301. The Kier molecular flexibility index (Phi) is 9.13. The second-order valence-electron chi connectivity index (χ2n) is 6.85. The average Bonchev–Trinajstić information content (AvgIpc) is 2.34. The number of hydrogen-bond donors (Lipinski definition) is 0. The smallest absolute Gasteiger partial charge is 0.435 e. The van der Waals surface area contributed by atoms with Crippen molar-refractivity contribution in [2.75, 3.05) is 13.2 Å². The van der Waals surface area contributed by atoms with Gasteiger partial charge < -0.3 is 9.47 Å². The quantitative estimate of drug-likeness (QED) is 0.320. The van der Waals surface area contributed by atoms with Crippen LogP contribution in [0, 0.1) is 0 Å². The summed E-state index contributed by atoms with van der Waals surface area (Å²) >= 11 is 0. The predicted octanol–water partition coefficient (Wildman–Crippen LogP) is 5.08. The highest BCUT2D eigenvalue weighted by Gasteiger charge is 2.22. The lowest BCUT2D eigenvalue weighted by Crippen LogP contribution is -2.28. The van der Waals surface area contributed by atoms with Gasteiger partial charge in [0.25, 0.3) is 0 Å². The van der Waals surface area contributed by atoms with Crippen LogP contribution in [0.2, 0.25) is 44.3 Å². The molecule has 0 spiro atoms. The van der Waals surface area contributed by atoms with Crippen LogP contribution >= 0.6 is 0 Å². The van der Waals surface area contributed by atoms with Gasteiger partial charge >= 0.3 is 6.16 Å². The maximum atomic E-state index is 11.0. The lowest BCUT2D eigenvalue weighted by atomic mass is 10.5. The molecule has 0 fully saturated rings. The molecule has 118 valence electrons. The Morgan fingerprint density at radius 2 is 1.65 bits per heavy atom. The highest BCUT2D eigenvalue weighted by Crippen LogP contribution is 2.24. The summed E-state index contributed by atoms with van der Waals surface area (Å²) in [5.41, 5.74) is 2.19. The summed E-state index contributed by atoms with van der Waals surface area (Å²) in [7, 11) is -2.29. The molecule has 0 saturated heterocycles. The van der Waals surface area contributed by atoms with Crippen LogP contribution in [0.4, 0.5) is 4.79 Å². The molecule has 0 aliphatic carbocycles. The Balaban J connectivity index is 3.79. The van der Waals surface area contributed by atoms with Crippen molar-refractivity contribution in [1.29, 1.82) is 0 Å². The summed E-state index contributed by atoms with van der Waals surface area (Å²) in [6, 6.07) is 3.91. The van der Waals surface area contributed by atoms with Crippen LogP contribution in [-0.2, 0) is 9.47 Å². The molecule has 0 aromatic heterocycles. The van der Waals surface area contributed by atoms with Crippen LogP contribution in [-0.4, -0.2) is 35.5 Å². The van der Waals surface area contributed by atoms with Crippen molar-refractivity contribution in [1.82, 2.24) is 0 Å². The van der Waals surface area contributed by atoms with Crippen molar-refractivity contribution in [2.24, 2.45) is 0 Å². The lowest BCUT2D eigenvalue weighted by Gasteiger charge is -2.24. The van der Waals surface area contributed by atoms with Gasteiger partial charge in [-0.25, -0.2) is 4.79 Å².